The maximum absolute atomic E-state index is 12.0. The Balaban J connectivity index is 2.01. The first-order valence-electron chi connectivity index (χ1n) is 6.03. The molecule has 0 saturated carbocycles. The topological polar surface area (TPSA) is 92.9 Å². The summed E-state index contributed by atoms with van der Waals surface area (Å²) in [5.41, 5.74) is 0.499. The van der Waals surface area contributed by atoms with Crippen molar-refractivity contribution < 1.29 is 9.32 Å². The molecule has 0 unspecified atom stereocenters. The molecule has 2 heterocycles. The molecular weight excluding hydrogens is 246 g/mol. The van der Waals surface area contributed by atoms with Crippen LogP contribution >= 0.6 is 0 Å². The summed E-state index contributed by atoms with van der Waals surface area (Å²) in [6.07, 6.45) is 3.83. The van der Waals surface area contributed by atoms with Gasteiger partial charge in [0.05, 0.1) is 12.1 Å². The van der Waals surface area contributed by atoms with E-state index in [0.717, 1.165) is 13.0 Å². The van der Waals surface area contributed by atoms with Crippen molar-refractivity contribution >= 4 is 11.7 Å². The second-order valence-corrected chi connectivity index (χ2v) is 3.86. The van der Waals surface area contributed by atoms with Crippen LogP contribution in [0.5, 0.6) is 0 Å². The molecule has 0 aliphatic heterocycles. The van der Waals surface area contributed by atoms with Crippen LogP contribution in [-0.2, 0) is 6.54 Å². The smallest absolute Gasteiger partial charge is 0.255 e. The molecule has 2 N–H and O–H groups in total. The number of aromatic nitrogens is 3. The second-order valence-electron chi connectivity index (χ2n) is 3.86. The van der Waals surface area contributed by atoms with E-state index in [2.05, 4.69) is 30.3 Å². The Morgan fingerprint density at radius 2 is 2.32 bits per heavy atom. The molecule has 7 heteroatoms. The van der Waals surface area contributed by atoms with Gasteiger partial charge in [-0.25, -0.2) is 4.98 Å². The number of hydrogen-bond acceptors (Lipinski definition) is 6. The van der Waals surface area contributed by atoms with E-state index >= 15 is 0 Å². The van der Waals surface area contributed by atoms with Gasteiger partial charge in [-0.1, -0.05) is 12.1 Å². The summed E-state index contributed by atoms with van der Waals surface area (Å²) in [5.74, 6) is 0.784. The summed E-state index contributed by atoms with van der Waals surface area (Å²) in [7, 11) is 0. The molecule has 0 aliphatic carbocycles. The van der Waals surface area contributed by atoms with Gasteiger partial charge in [-0.3, -0.25) is 4.79 Å². The molecule has 0 spiro atoms. The van der Waals surface area contributed by atoms with E-state index in [4.69, 9.17) is 0 Å². The average Bonchev–Trinajstić information content (AvgIpc) is 2.96. The quantitative estimate of drug-likeness (QED) is 0.812. The van der Waals surface area contributed by atoms with Gasteiger partial charge in [0.2, 0.25) is 6.39 Å². The van der Waals surface area contributed by atoms with E-state index < -0.39 is 0 Å². The van der Waals surface area contributed by atoms with Crippen molar-refractivity contribution in [2.45, 2.75) is 19.9 Å². The predicted octanol–water partition coefficient (Wildman–Crippen LogP) is 1.22. The lowest BCUT2D eigenvalue weighted by atomic mass is 10.2. The average molecular weight is 261 g/mol. The molecule has 7 nitrogen and oxygen atoms in total. The number of carbonyl (C=O) groups is 1. The Hall–Kier alpha value is -2.44. The molecule has 100 valence electrons. The fourth-order valence-electron chi connectivity index (χ4n) is 1.50. The first-order chi connectivity index (χ1) is 9.31. The van der Waals surface area contributed by atoms with Crippen LogP contribution in [0, 0.1) is 0 Å². The Kier molecular flexibility index (Phi) is 4.44. The number of anilines is 1. The highest BCUT2D eigenvalue weighted by Crippen LogP contribution is 2.11. The molecule has 0 bridgehead atoms. The van der Waals surface area contributed by atoms with Gasteiger partial charge in [0, 0.05) is 12.7 Å². The van der Waals surface area contributed by atoms with Crippen molar-refractivity contribution in [2.24, 2.45) is 0 Å². The van der Waals surface area contributed by atoms with Crippen LogP contribution in [0.1, 0.15) is 29.5 Å². The molecule has 2 aromatic rings. The summed E-state index contributed by atoms with van der Waals surface area (Å²) in [6.45, 7) is 3.03. The highest BCUT2D eigenvalue weighted by molar-refractivity contribution is 5.98. The first kappa shape index (κ1) is 13.0. The van der Waals surface area contributed by atoms with Crippen LogP contribution in [0.2, 0.25) is 0 Å². The Morgan fingerprint density at radius 1 is 1.42 bits per heavy atom. The van der Waals surface area contributed by atoms with Gasteiger partial charge in [-0.2, -0.15) is 4.98 Å². The minimum absolute atomic E-state index is 0.220. The number of hydrogen-bond donors (Lipinski definition) is 2. The molecule has 19 heavy (non-hydrogen) atoms. The van der Waals surface area contributed by atoms with Crippen molar-refractivity contribution in [2.75, 3.05) is 11.9 Å². The number of rotatable bonds is 6. The Bertz CT molecular complexity index is 527. The first-order valence-corrected chi connectivity index (χ1v) is 6.03. The van der Waals surface area contributed by atoms with E-state index in [-0.39, 0.29) is 12.5 Å². The van der Waals surface area contributed by atoms with Crippen molar-refractivity contribution in [1.82, 2.24) is 20.4 Å². The number of amides is 1. The van der Waals surface area contributed by atoms with Crippen LogP contribution in [-0.4, -0.2) is 27.6 Å². The highest BCUT2D eigenvalue weighted by Gasteiger charge is 2.12. The van der Waals surface area contributed by atoms with Gasteiger partial charge >= 0.3 is 0 Å². The minimum atomic E-state index is -0.225. The normalized spacial score (nSPS) is 10.2. The van der Waals surface area contributed by atoms with Crippen LogP contribution in [0.15, 0.2) is 29.2 Å². The zero-order chi connectivity index (χ0) is 13.5. The lowest BCUT2D eigenvalue weighted by Crippen LogP contribution is -2.25. The Labute approximate surface area is 110 Å². The van der Waals surface area contributed by atoms with Crippen molar-refractivity contribution in [3.63, 3.8) is 0 Å². The van der Waals surface area contributed by atoms with E-state index in [1.54, 1.807) is 18.3 Å². The minimum Gasteiger partial charge on any atom is -0.369 e. The third kappa shape index (κ3) is 3.51. The maximum atomic E-state index is 12.0. The maximum Gasteiger partial charge on any atom is 0.255 e. The highest BCUT2D eigenvalue weighted by atomic mass is 16.5. The molecular formula is C12H15N5O2. The monoisotopic (exact) mass is 261 g/mol. The van der Waals surface area contributed by atoms with Crippen LogP contribution in [0.25, 0.3) is 0 Å². The molecule has 2 rings (SSSR count). The summed E-state index contributed by atoms with van der Waals surface area (Å²) in [4.78, 5) is 20.0. The Morgan fingerprint density at radius 3 is 3.05 bits per heavy atom. The molecule has 0 aliphatic rings. The van der Waals surface area contributed by atoms with Gasteiger partial charge in [0.15, 0.2) is 5.82 Å². The SMILES string of the molecule is CCCNc1ncccc1C(=O)NCc1ncon1. The molecule has 0 radical (unpaired) electrons. The largest absolute Gasteiger partial charge is 0.369 e. The van der Waals surface area contributed by atoms with E-state index in [0.29, 0.717) is 17.2 Å². The molecule has 1 amide bonds. The number of nitrogens with zero attached hydrogens (tertiary/aromatic N) is 3. The van der Waals surface area contributed by atoms with Crippen molar-refractivity contribution in [1.29, 1.82) is 0 Å². The van der Waals surface area contributed by atoms with Crippen LogP contribution in [0.4, 0.5) is 5.82 Å². The molecule has 0 saturated heterocycles. The lowest BCUT2D eigenvalue weighted by molar-refractivity contribution is 0.0950. The molecule has 0 atom stereocenters. The summed E-state index contributed by atoms with van der Waals surface area (Å²) < 4.78 is 4.59. The predicted molar refractivity (Wildman–Crippen MR) is 68.5 cm³/mol. The summed E-state index contributed by atoms with van der Waals surface area (Å²) in [6, 6.07) is 3.44. The molecule has 0 aromatic carbocycles. The number of pyridine rings is 1. The van der Waals surface area contributed by atoms with E-state index in [1.807, 2.05) is 6.92 Å². The van der Waals surface area contributed by atoms with Crippen LogP contribution < -0.4 is 10.6 Å². The third-order valence-corrected chi connectivity index (χ3v) is 2.41. The van der Waals surface area contributed by atoms with Crippen molar-refractivity contribution in [3.8, 4) is 0 Å². The van der Waals surface area contributed by atoms with Gasteiger partial charge in [-0.15, -0.1) is 0 Å². The van der Waals surface area contributed by atoms with Gasteiger partial charge in [0.25, 0.3) is 5.91 Å². The summed E-state index contributed by atoms with van der Waals surface area (Å²) >= 11 is 0. The van der Waals surface area contributed by atoms with E-state index in [9.17, 15) is 4.79 Å². The van der Waals surface area contributed by atoms with Crippen LogP contribution in [0.3, 0.4) is 0 Å². The van der Waals surface area contributed by atoms with Crippen molar-refractivity contribution in [3.05, 3.63) is 36.1 Å². The standard InChI is InChI=1S/C12H15N5O2/c1-2-5-13-11-9(4-3-6-14-11)12(18)15-7-10-16-8-19-17-10/h3-4,6,8H,2,5,7H2,1H3,(H,13,14)(H,15,18). The zero-order valence-electron chi connectivity index (χ0n) is 10.6. The van der Waals surface area contributed by atoms with Gasteiger partial charge < -0.3 is 15.2 Å². The fourth-order valence-corrected chi connectivity index (χ4v) is 1.50. The molecule has 0 fully saturated rings. The molecule has 2 aromatic heterocycles. The van der Waals surface area contributed by atoms with Gasteiger partial charge in [0.1, 0.15) is 5.82 Å². The van der Waals surface area contributed by atoms with Gasteiger partial charge in [-0.05, 0) is 18.6 Å². The number of nitrogens with one attached hydrogen (secondary N) is 2. The second kappa shape index (κ2) is 6.48. The number of carbonyl (C=O) groups excluding carboxylic acids is 1. The fraction of sp³-hybridized carbons (Fsp3) is 0.333. The lowest BCUT2D eigenvalue weighted by Gasteiger charge is -2.09. The zero-order valence-corrected chi connectivity index (χ0v) is 10.6. The summed E-state index contributed by atoms with van der Waals surface area (Å²) in [5, 5.41) is 9.45. The van der Waals surface area contributed by atoms with E-state index in [1.165, 1.54) is 6.39 Å². The third-order valence-electron chi connectivity index (χ3n) is 2.41.